The molecular weight excluding hydrogens is 224 g/mol. The Labute approximate surface area is 108 Å². The molecule has 4 heteroatoms. The van der Waals surface area contributed by atoms with Gasteiger partial charge in [0.25, 0.3) is 0 Å². The number of hydrogen-bond acceptors (Lipinski definition) is 3. The zero-order valence-electron chi connectivity index (χ0n) is 11.2. The molecule has 1 unspecified atom stereocenters. The molecule has 2 rings (SSSR count). The Kier molecular flexibility index (Phi) is 4.10. The van der Waals surface area contributed by atoms with Crippen LogP contribution in [0.2, 0.25) is 0 Å². The fourth-order valence-corrected chi connectivity index (χ4v) is 2.08. The molecule has 1 aromatic heterocycles. The van der Waals surface area contributed by atoms with Crippen molar-refractivity contribution in [2.75, 3.05) is 6.54 Å². The lowest BCUT2D eigenvalue weighted by Crippen LogP contribution is -2.25. The van der Waals surface area contributed by atoms with Crippen molar-refractivity contribution in [1.29, 1.82) is 0 Å². The Morgan fingerprint density at radius 3 is 2.83 bits per heavy atom. The molecule has 1 aromatic carbocycles. The van der Waals surface area contributed by atoms with E-state index in [4.69, 9.17) is 0 Å². The lowest BCUT2D eigenvalue weighted by molar-refractivity contribution is 0.571. The number of nitrogens with zero attached hydrogens (tertiary/aromatic N) is 2. The van der Waals surface area contributed by atoms with Crippen LogP contribution in [0.1, 0.15) is 41.9 Å². The Bertz CT molecular complexity index is 491. The molecule has 0 fully saturated rings. The van der Waals surface area contributed by atoms with E-state index in [2.05, 4.69) is 59.5 Å². The highest BCUT2D eigenvalue weighted by Gasteiger charge is 2.18. The molecule has 1 heterocycles. The molecule has 0 radical (unpaired) electrons. The van der Waals surface area contributed by atoms with E-state index < -0.39 is 0 Å². The Morgan fingerprint density at radius 1 is 1.33 bits per heavy atom. The van der Waals surface area contributed by atoms with Crippen molar-refractivity contribution in [1.82, 2.24) is 20.5 Å². The lowest BCUT2D eigenvalue weighted by Gasteiger charge is -2.19. The second-order valence-corrected chi connectivity index (χ2v) is 4.55. The molecule has 2 N–H and O–H groups in total. The van der Waals surface area contributed by atoms with E-state index in [0.29, 0.717) is 0 Å². The molecule has 0 saturated carbocycles. The number of aryl methyl sites for hydroxylation is 1. The molecule has 0 saturated heterocycles. The number of aromatic amines is 1. The molecule has 2 aromatic rings. The molecule has 4 nitrogen and oxygen atoms in total. The number of rotatable bonds is 5. The van der Waals surface area contributed by atoms with E-state index in [0.717, 1.165) is 18.8 Å². The summed E-state index contributed by atoms with van der Waals surface area (Å²) >= 11 is 0. The van der Waals surface area contributed by atoms with E-state index in [1.54, 1.807) is 6.33 Å². The Hall–Kier alpha value is -1.68. The van der Waals surface area contributed by atoms with Crippen LogP contribution in [-0.4, -0.2) is 21.7 Å². The van der Waals surface area contributed by atoms with E-state index >= 15 is 0 Å². The van der Waals surface area contributed by atoms with Gasteiger partial charge >= 0.3 is 0 Å². The van der Waals surface area contributed by atoms with Gasteiger partial charge in [0.05, 0.1) is 6.04 Å². The second kappa shape index (κ2) is 5.78. The molecule has 96 valence electrons. The lowest BCUT2D eigenvalue weighted by atomic mass is 9.97. The highest BCUT2D eigenvalue weighted by Crippen LogP contribution is 2.24. The van der Waals surface area contributed by atoms with Gasteiger partial charge in [-0.2, -0.15) is 5.10 Å². The monoisotopic (exact) mass is 244 g/mol. The molecular formula is C14H20N4. The van der Waals surface area contributed by atoms with E-state index in [-0.39, 0.29) is 6.04 Å². The molecule has 0 bridgehead atoms. The highest BCUT2D eigenvalue weighted by molar-refractivity contribution is 5.37. The smallest absolute Gasteiger partial charge is 0.145 e. The third kappa shape index (κ3) is 2.59. The molecule has 1 atom stereocenters. The van der Waals surface area contributed by atoms with Crippen LogP contribution in [0.25, 0.3) is 0 Å². The predicted octanol–water partition coefficient (Wildman–Crippen LogP) is 2.51. The summed E-state index contributed by atoms with van der Waals surface area (Å²) in [5.41, 5.74) is 3.87. The molecule has 0 amide bonds. The summed E-state index contributed by atoms with van der Waals surface area (Å²) in [7, 11) is 0. The van der Waals surface area contributed by atoms with Gasteiger partial charge in [0.2, 0.25) is 0 Å². The van der Waals surface area contributed by atoms with Gasteiger partial charge in [-0.25, -0.2) is 4.98 Å². The van der Waals surface area contributed by atoms with Crippen molar-refractivity contribution in [2.45, 2.75) is 33.2 Å². The van der Waals surface area contributed by atoms with Gasteiger partial charge in [-0.15, -0.1) is 0 Å². The summed E-state index contributed by atoms with van der Waals surface area (Å²) in [6.45, 7) is 7.41. The predicted molar refractivity (Wildman–Crippen MR) is 72.4 cm³/mol. The van der Waals surface area contributed by atoms with Crippen molar-refractivity contribution < 1.29 is 0 Å². The first-order chi connectivity index (χ1) is 8.74. The van der Waals surface area contributed by atoms with E-state index in [1.807, 2.05) is 0 Å². The van der Waals surface area contributed by atoms with Crippen LogP contribution in [0.15, 0.2) is 24.5 Å². The van der Waals surface area contributed by atoms with Gasteiger partial charge in [-0.1, -0.05) is 25.1 Å². The maximum Gasteiger partial charge on any atom is 0.145 e. The molecule has 0 aliphatic carbocycles. The van der Waals surface area contributed by atoms with Crippen LogP contribution >= 0.6 is 0 Å². The van der Waals surface area contributed by atoms with Crippen LogP contribution in [0.5, 0.6) is 0 Å². The minimum absolute atomic E-state index is 0.0901. The quantitative estimate of drug-likeness (QED) is 0.849. The van der Waals surface area contributed by atoms with Crippen LogP contribution in [0, 0.1) is 13.8 Å². The second-order valence-electron chi connectivity index (χ2n) is 4.55. The third-order valence-corrected chi connectivity index (χ3v) is 3.26. The van der Waals surface area contributed by atoms with Gasteiger partial charge in [-0.05, 0) is 43.5 Å². The Morgan fingerprint density at radius 2 is 2.17 bits per heavy atom. The first-order valence-corrected chi connectivity index (χ1v) is 6.38. The van der Waals surface area contributed by atoms with Gasteiger partial charge < -0.3 is 5.32 Å². The SMILES string of the molecule is CCCNC(c1ncn[nH]1)c1cccc(C)c1C. The summed E-state index contributed by atoms with van der Waals surface area (Å²) in [6, 6.07) is 6.47. The number of hydrogen-bond donors (Lipinski definition) is 2. The van der Waals surface area contributed by atoms with Crippen molar-refractivity contribution >= 4 is 0 Å². The summed E-state index contributed by atoms with van der Waals surface area (Å²) in [6.07, 6.45) is 2.65. The first kappa shape index (κ1) is 12.8. The maximum atomic E-state index is 4.29. The summed E-state index contributed by atoms with van der Waals surface area (Å²) in [5.74, 6) is 0.872. The standard InChI is InChI=1S/C14H20N4/c1-4-8-15-13(14-16-9-17-18-14)12-7-5-6-10(2)11(12)3/h5-7,9,13,15H,4,8H2,1-3H3,(H,16,17,18). The number of benzene rings is 1. The number of aromatic nitrogens is 3. The van der Waals surface area contributed by atoms with Crippen molar-refractivity contribution in [2.24, 2.45) is 0 Å². The molecule has 18 heavy (non-hydrogen) atoms. The molecule has 0 aliphatic heterocycles. The van der Waals surface area contributed by atoms with Crippen molar-refractivity contribution in [3.05, 3.63) is 47.0 Å². The van der Waals surface area contributed by atoms with E-state index in [9.17, 15) is 0 Å². The topological polar surface area (TPSA) is 53.6 Å². The zero-order chi connectivity index (χ0) is 13.0. The zero-order valence-corrected chi connectivity index (χ0v) is 11.2. The minimum Gasteiger partial charge on any atom is -0.304 e. The van der Waals surface area contributed by atoms with Crippen LogP contribution in [-0.2, 0) is 0 Å². The summed E-state index contributed by atoms with van der Waals surface area (Å²) in [5, 5.41) is 10.4. The average Bonchev–Trinajstić information content (AvgIpc) is 2.88. The average molecular weight is 244 g/mol. The fourth-order valence-electron chi connectivity index (χ4n) is 2.08. The van der Waals surface area contributed by atoms with Crippen molar-refractivity contribution in [3.63, 3.8) is 0 Å². The molecule has 0 aliphatic rings. The number of nitrogens with one attached hydrogen (secondary N) is 2. The maximum absolute atomic E-state index is 4.29. The van der Waals surface area contributed by atoms with Crippen molar-refractivity contribution in [3.8, 4) is 0 Å². The largest absolute Gasteiger partial charge is 0.304 e. The Balaban J connectivity index is 2.37. The van der Waals surface area contributed by atoms with E-state index in [1.165, 1.54) is 16.7 Å². The highest BCUT2D eigenvalue weighted by atomic mass is 15.2. The van der Waals surface area contributed by atoms with Crippen LogP contribution in [0.3, 0.4) is 0 Å². The van der Waals surface area contributed by atoms with Gasteiger partial charge in [0, 0.05) is 0 Å². The van der Waals surface area contributed by atoms with Crippen LogP contribution in [0.4, 0.5) is 0 Å². The number of H-pyrrole nitrogens is 1. The normalized spacial score (nSPS) is 12.6. The minimum atomic E-state index is 0.0901. The van der Waals surface area contributed by atoms with Gasteiger partial charge in [-0.3, -0.25) is 5.10 Å². The van der Waals surface area contributed by atoms with Crippen LogP contribution < -0.4 is 5.32 Å². The van der Waals surface area contributed by atoms with Gasteiger partial charge in [0.15, 0.2) is 0 Å². The summed E-state index contributed by atoms with van der Waals surface area (Å²) in [4.78, 5) is 4.29. The fraction of sp³-hybridized carbons (Fsp3) is 0.429. The third-order valence-electron chi connectivity index (χ3n) is 3.26. The first-order valence-electron chi connectivity index (χ1n) is 6.38. The van der Waals surface area contributed by atoms with Gasteiger partial charge in [0.1, 0.15) is 12.2 Å². The summed E-state index contributed by atoms with van der Waals surface area (Å²) < 4.78 is 0. The molecule has 0 spiro atoms.